The quantitative estimate of drug-likeness (QED) is 0.529. The van der Waals surface area contributed by atoms with Crippen molar-refractivity contribution in [1.82, 2.24) is 5.32 Å². The normalized spacial score (nSPS) is 16.9. The van der Waals surface area contributed by atoms with Crippen LogP contribution < -0.4 is 11.1 Å². The fourth-order valence-corrected chi connectivity index (χ4v) is 3.83. The number of carbonyl (C=O) groups is 2. The van der Waals surface area contributed by atoms with E-state index in [1.54, 1.807) is 6.07 Å². The van der Waals surface area contributed by atoms with Crippen molar-refractivity contribution in [3.8, 4) is 11.1 Å². The van der Waals surface area contributed by atoms with Gasteiger partial charge in [-0.2, -0.15) is 13.2 Å². The summed E-state index contributed by atoms with van der Waals surface area (Å²) in [5.74, 6) is -3.15. The summed E-state index contributed by atoms with van der Waals surface area (Å²) < 4.78 is 31.7. The molecule has 0 heterocycles. The van der Waals surface area contributed by atoms with Crippen LogP contribution >= 0.6 is 0 Å². The van der Waals surface area contributed by atoms with E-state index in [4.69, 9.17) is 15.6 Å². The number of nitrogens with two attached hydrogens (primary N) is 1. The van der Waals surface area contributed by atoms with E-state index >= 15 is 0 Å². The van der Waals surface area contributed by atoms with Crippen molar-refractivity contribution in [2.45, 2.75) is 64.7 Å². The Balaban J connectivity index is 0.000000479. The second kappa shape index (κ2) is 10.8. The third-order valence-corrected chi connectivity index (χ3v) is 5.96. The highest BCUT2D eigenvalue weighted by Gasteiger charge is 2.38. The molecule has 0 spiro atoms. The molecule has 180 valence electrons. The molecule has 0 bridgehead atoms. The van der Waals surface area contributed by atoms with Gasteiger partial charge in [0, 0.05) is 17.6 Å². The first-order valence-electron chi connectivity index (χ1n) is 10.8. The van der Waals surface area contributed by atoms with Crippen molar-refractivity contribution in [2.75, 3.05) is 0 Å². The maximum Gasteiger partial charge on any atom is 0.490 e. The molecule has 8 heteroatoms. The molecule has 1 saturated carbocycles. The zero-order chi connectivity index (χ0) is 24.8. The number of carboxylic acid groups (broad SMARTS) is 1. The Bertz CT molecular complexity index is 946. The topological polar surface area (TPSA) is 92.4 Å². The first kappa shape index (κ1) is 26.4. The summed E-state index contributed by atoms with van der Waals surface area (Å²) in [4.78, 5) is 20.3. The number of hydrogen-bond donors (Lipinski definition) is 3. The fraction of sp³-hybridized carbons (Fsp3) is 0.440. The van der Waals surface area contributed by atoms with E-state index in [-0.39, 0.29) is 0 Å². The van der Waals surface area contributed by atoms with E-state index in [1.165, 1.54) is 31.2 Å². The maximum atomic E-state index is 11.4. The van der Waals surface area contributed by atoms with Gasteiger partial charge in [-0.15, -0.1) is 0 Å². The van der Waals surface area contributed by atoms with Crippen LogP contribution in [0, 0.1) is 5.41 Å². The number of carbonyl (C=O) groups excluding carboxylic acids is 1. The van der Waals surface area contributed by atoms with E-state index in [0.717, 1.165) is 11.1 Å². The van der Waals surface area contributed by atoms with Crippen molar-refractivity contribution in [1.29, 1.82) is 0 Å². The van der Waals surface area contributed by atoms with E-state index in [0.29, 0.717) is 23.1 Å². The zero-order valence-corrected chi connectivity index (χ0v) is 19.1. The molecule has 1 atom stereocenters. The number of amides is 1. The fourth-order valence-electron chi connectivity index (χ4n) is 3.83. The van der Waals surface area contributed by atoms with Gasteiger partial charge in [0.2, 0.25) is 5.91 Å². The van der Waals surface area contributed by atoms with Crippen LogP contribution in [0.15, 0.2) is 48.5 Å². The number of benzene rings is 2. The minimum absolute atomic E-state index is 0.340. The lowest BCUT2D eigenvalue weighted by Crippen LogP contribution is -2.36. The lowest BCUT2D eigenvalue weighted by molar-refractivity contribution is -0.192. The SMILES string of the molecule is C[C@@H](NC1CCC(C)(C)CC1)c1ccc(-c2cccc(C(N)=O)c2)cc1.O=C(O)C(F)(F)F. The molecule has 2 aromatic carbocycles. The third kappa shape index (κ3) is 8.20. The van der Waals surface area contributed by atoms with Crippen LogP contribution in [0.3, 0.4) is 0 Å². The molecule has 1 aliphatic rings. The van der Waals surface area contributed by atoms with Crippen molar-refractivity contribution in [2.24, 2.45) is 11.1 Å². The third-order valence-electron chi connectivity index (χ3n) is 5.96. The van der Waals surface area contributed by atoms with Crippen molar-refractivity contribution < 1.29 is 27.9 Å². The number of aliphatic carboxylic acids is 1. The summed E-state index contributed by atoms with van der Waals surface area (Å²) in [6.45, 7) is 6.99. The van der Waals surface area contributed by atoms with E-state index in [9.17, 15) is 18.0 Å². The van der Waals surface area contributed by atoms with Gasteiger partial charge >= 0.3 is 12.1 Å². The number of primary amides is 1. The van der Waals surface area contributed by atoms with E-state index in [2.05, 4.69) is 50.4 Å². The number of carboxylic acids is 1. The standard InChI is InChI=1S/C23H30N2O.C2HF3O2/c1-16(25-21-11-13-23(2,3)14-12-21)17-7-9-18(10-8-17)19-5-4-6-20(15-19)22(24)26;3-2(4,5)1(6)7/h4-10,15-16,21,25H,11-14H2,1-3H3,(H2,24,26);(H,6,7)/t16-;/m1./s1. The summed E-state index contributed by atoms with van der Waals surface area (Å²) in [5.41, 5.74) is 9.84. The Morgan fingerprint density at radius 3 is 2.09 bits per heavy atom. The van der Waals surface area contributed by atoms with Crippen LogP contribution in [0.25, 0.3) is 11.1 Å². The number of hydrogen-bond acceptors (Lipinski definition) is 3. The van der Waals surface area contributed by atoms with Gasteiger partial charge in [-0.3, -0.25) is 4.79 Å². The van der Waals surface area contributed by atoms with Gasteiger partial charge in [0.15, 0.2) is 0 Å². The molecule has 5 nitrogen and oxygen atoms in total. The predicted octanol–water partition coefficient (Wildman–Crippen LogP) is 5.71. The van der Waals surface area contributed by atoms with Crippen LogP contribution in [0.2, 0.25) is 0 Å². The van der Waals surface area contributed by atoms with Crippen molar-refractivity contribution >= 4 is 11.9 Å². The largest absolute Gasteiger partial charge is 0.490 e. The van der Waals surface area contributed by atoms with Crippen LogP contribution in [0.1, 0.15) is 68.4 Å². The van der Waals surface area contributed by atoms with Gasteiger partial charge in [0.1, 0.15) is 0 Å². The first-order chi connectivity index (χ1) is 15.3. The highest BCUT2D eigenvalue weighted by molar-refractivity contribution is 5.94. The molecule has 1 amide bonds. The summed E-state index contributed by atoms with van der Waals surface area (Å²) in [7, 11) is 0. The Kier molecular flexibility index (Phi) is 8.66. The number of halogens is 3. The molecule has 0 aromatic heterocycles. The van der Waals surface area contributed by atoms with Crippen molar-refractivity contribution in [3.63, 3.8) is 0 Å². The highest BCUT2D eigenvalue weighted by atomic mass is 19.4. The zero-order valence-electron chi connectivity index (χ0n) is 19.1. The lowest BCUT2D eigenvalue weighted by atomic mass is 9.75. The van der Waals surface area contributed by atoms with Crippen LogP contribution in [-0.2, 0) is 4.79 Å². The summed E-state index contributed by atoms with van der Waals surface area (Å²) in [6.07, 6.45) is 0.0315. The molecule has 1 aliphatic carbocycles. The van der Waals surface area contributed by atoms with Gasteiger partial charge in [-0.1, -0.05) is 50.2 Å². The number of alkyl halides is 3. The van der Waals surface area contributed by atoms with Crippen LogP contribution in [-0.4, -0.2) is 29.2 Å². The predicted molar refractivity (Wildman–Crippen MR) is 122 cm³/mol. The Labute approximate surface area is 192 Å². The maximum absolute atomic E-state index is 11.4. The minimum Gasteiger partial charge on any atom is -0.475 e. The van der Waals surface area contributed by atoms with Crippen LogP contribution in [0.4, 0.5) is 13.2 Å². The highest BCUT2D eigenvalue weighted by Crippen LogP contribution is 2.35. The smallest absolute Gasteiger partial charge is 0.475 e. The monoisotopic (exact) mass is 464 g/mol. The molecule has 2 aromatic rings. The van der Waals surface area contributed by atoms with Gasteiger partial charge < -0.3 is 16.2 Å². The molecule has 0 aliphatic heterocycles. The molecule has 4 N–H and O–H groups in total. The molecule has 1 fully saturated rings. The van der Waals surface area contributed by atoms with Crippen LogP contribution in [0.5, 0.6) is 0 Å². The van der Waals surface area contributed by atoms with Gasteiger partial charge in [0.25, 0.3) is 0 Å². The molecule has 0 radical (unpaired) electrons. The van der Waals surface area contributed by atoms with Crippen molar-refractivity contribution in [3.05, 3.63) is 59.7 Å². The Morgan fingerprint density at radius 1 is 1.06 bits per heavy atom. The molecule has 0 saturated heterocycles. The summed E-state index contributed by atoms with van der Waals surface area (Å²) in [6, 6.07) is 17.0. The van der Waals surface area contributed by atoms with Gasteiger partial charge in [-0.05, 0) is 66.8 Å². The Hall–Kier alpha value is -2.87. The number of nitrogens with one attached hydrogen (secondary N) is 1. The summed E-state index contributed by atoms with van der Waals surface area (Å²) in [5, 5.41) is 10.9. The number of rotatable bonds is 5. The minimum atomic E-state index is -5.08. The van der Waals surface area contributed by atoms with Gasteiger partial charge in [0.05, 0.1) is 0 Å². The molecular formula is C25H31F3N2O3. The second-order valence-corrected chi connectivity index (χ2v) is 9.20. The molecule has 3 rings (SSSR count). The molecular weight excluding hydrogens is 433 g/mol. The molecule has 33 heavy (non-hydrogen) atoms. The Morgan fingerprint density at radius 2 is 1.61 bits per heavy atom. The molecule has 0 unspecified atom stereocenters. The van der Waals surface area contributed by atoms with Gasteiger partial charge in [-0.25, -0.2) is 4.79 Å². The first-order valence-corrected chi connectivity index (χ1v) is 10.8. The average molecular weight is 465 g/mol. The summed E-state index contributed by atoms with van der Waals surface area (Å²) >= 11 is 0. The average Bonchev–Trinajstić information content (AvgIpc) is 2.75. The van der Waals surface area contributed by atoms with E-state index in [1.807, 2.05) is 18.2 Å². The second-order valence-electron chi connectivity index (χ2n) is 9.20. The lowest BCUT2D eigenvalue weighted by Gasteiger charge is -2.36. The van der Waals surface area contributed by atoms with E-state index < -0.39 is 18.1 Å².